The van der Waals surface area contributed by atoms with Crippen molar-refractivity contribution in [3.05, 3.63) is 35.6 Å². The minimum absolute atomic E-state index is 0.111. The van der Waals surface area contributed by atoms with Crippen LogP contribution in [0, 0.1) is 5.82 Å². The van der Waals surface area contributed by atoms with E-state index in [1.807, 2.05) is 0 Å². The maximum Gasteiger partial charge on any atom is 0.307 e. The lowest BCUT2D eigenvalue weighted by Gasteiger charge is -2.10. The Morgan fingerprint density at radius 2 is 2.07 bits per heavy atom. The average Bonchev–Trinajstić information content (AvgIpc) is 2.18. The molecule has 2 N–H and O–H groups in total. The van der Waals surface area contributed by atoms with Gasteiger partial charge in [0, 0.05) is 6.04 Å². The predicted molar refractivity (Wildman–Crippen MR) is 54.6 cm³/mol. The molecule has 4 heteroatoms. The maximum atomic E-state index is 12.6. The van der Waals surface area contributed by atoms with E-state index >= 15 is 0 Å². The van der Waals surface area contributed by atoms with Gasteiger partial charge in [-0.15, -0.1) is 0 Å². The van der Waals surface area contributed by atoms with Gasteiger partial charge in [0.15, 0.2) is 0 Å². The molecule has 0 aliphatic rings. The summed E-state index contributed by atoms with van der Waals surface area (Å²) < 4.78 is 17.4. The number of rotatable bonds is 4. The molecule has 0 saturated heterocycles. The van der Waals surface area contributed by atoms with E-state index < -0.39 is 6.04 Å². The van der Waals surface area contributed by atoms with Crippen molar-refractivity contribution in [3.8, 4) is 0 Å². The zero-order valence-electron chi connectivity index (χ0n) is 8.57. The van der Waals surface area contributed by atoms with Crippen LogP contribution in [0.25, 0.3) is 0 Å². The zero-order chi connectivity index (χ0) is 11.3. The highest BCUT2D eigenvalue weighted by atomic mass is 19.1. The number of hydrogen-bond acceptors (Lipinski definition) is 3. The number of nitrogens with two attached hydrogens (primary N) is 1. The summed E-state index contributed by atoms with van der Waals surface area (Å²) in [7, 11) is 0. The van der Waals surface area contributed by atoms with Crippen LogP contribution in [0.5, 0.6) is 0 Å². The first-order chi connectivity index (χ1) is 7.13. The van der Waals surface area contributed by atoms with Crippen molar-refractivity contribution in [2.24, 2.45) is 5.73 Å². The van der Waals surface area contributed by atoms with Crippen LogP contribution in [0.3, 0.4) is 0 Å². The van der Waals surface area contributed by atoms with Gasteiger partial charge in [-0.25, -0.2) is 4.39 Å². The number of halogens is 1. The van der Waals surface area contributed by atoms with E-state index in [9.17, 15) is 9.18 Å². The summed E-state index contributed by atoms with van der Waals surface area (Å²) in [5.74, 6) is -0.656. The Kier molecular flexibility index (Phi) is 4.24. The van der Waals surface area contributed by atoms with Crippen LogP contribution in [0.4, 0.5) is 4.39 Å². The molecule has 0 fully saturated rings. The molecule has 0 amide bonds. The zero-order valence-corrected chi connectivity index (χ0v) is 8.57. The fraction of sp³-hybridized carbons (Fsp3) is 0.364. The summed E-state index contributed by atoms with van der Waals surface area (Å²) in [6, 6.07) is 5.34. The molecule has 15 heavy (non-hydrogen) atoms. The lowest BCUT2D eigenvalue weighted by Crippen LogP contribution is -2.17. The monoisotopic (exact) mass is 211 g/mol. The lowest BCUT2D eigenvalue weighted by molar-refractivity contribution is -0.143. The molecular formula is C11H14FNO2. The van der Waals surface area contributed by atoms with Crippen LogP contribution in [-0.2, 0) is 9.53 Å². The highest BCUT2D eigenvalue weighted by Gasteiger charge is 2.12. The SMILES string of the molecule is CCOC(=O)C[C@@H](N)c1ccc(F)cc1. The first-order valence-electron chi connectivity index (χ1n) is 4.80. The van der Waals surface area contributed by atoms with Gasteiger partial charge in [0.05, 0.1) is 13.0 Å². The number of benzene rings is 1. The molecule has 1 atom stereocenters. The lowest BCUT2D eigenvalue weighted by atomic mass is 10.1. The van der Waals surface area contributed by atoms with Gasteiger partial charge in [0.25, 0.3) is 0 Å². The number of hydrogen-bond donors (Lipinski definition) is 1. The van der Waals surface area contributed by atoms with E-state index in [-0.39, 0.29) is 18.2 Å². The van der Waals surface area contributed by atoms with Gasteiger partial charge < -0.3 is 10.5 Å². The fourth-order valence-corrected chi connectivity index (χ4v) is 1.23. The molecule has 82 valence electrons. The number of esters is 1. The molecular weight excluding hydrogens is 197 g/mol. The van der Waals surface area contributed by atoms with Gasteiger partial charge in [-0.2, -0.15) is 0 Å². The second kappa shape index (κ2) is 5.46. The van der Waals surface area contributed by atoms with Crippen molar-refractivity contribution in [2.45, 2.75) is 19.4 Å². The second-order valence-corrected chi connectivity index (χ2v) is 3.17. The summed E-state index contributed by atoms with van der Waals surface area (Å²) in [5, 5.41) is 0. The largest absolute Gasteiger partial charge is 0.466 e. The minimum Gasteiger partial charge on any atom is -0.466 e. The molecule has 0 radical (unpaired) electrons. The maximum absolute atomic E-state index is 12.6. The third-order valence-electron chi connectivity index (χ3n) is 1.99. The number of carbonyl (C=O) groups excluding carboxylic acids is 1. The third kappa shape index (κ3) is 3.67. The van der Waals surface area contributed by atoms with E-state index in [0.29, 0.717) is 6.61 Å². The molecule has 0 heterocycles. The standard InChI is InChI=1S/C11H14FNO2/c1-2-15-11(14)7-10(13)8-3-5-9(12)6-4-8/h3-6,10H,2,7,13H2,1H3/t10-/m1/s1. The molecule has 1 aromatic rings. The topological polar surface area (TPSA) is 52.3 Å². The molecule has 1 aromatic carbocycles. The molecule has 0 saturated carbocycles. The Bertz CT molecular complexity index is 324. The highest BCUT2D eigenvalue weighted by Crippen LogP contribution is 2.14. The molecule has 3 nitrogen and oxygen atoms in total. The Balaban J connectivity index is 2.57. The molecule has 0 aromatic heterocycles. The Hall–Kier alpha value is -1.42. The van der Waals surface area contributed by atoms with E-state index in [1.165, 1.54) is 12.1 Å². The Labute approximate surface area is 88.0 Å². The van der Waals surface area contributed by atoms with Gasteiger partial charge >= 0.3 is 5.97 Å². The van der Waals surface area contributed by atoms with Crippen LogP contribution >= 0.6 is 0 Å². The van der Waals surface area contributed by atoms with Gasteiger partial charge in [0.2, 0.25) is 0 Å². The molecule has 0 unspecified atom stereocenters. The van der Waals surface area contributed by atoms with Crippen molar-refractivity contribution in [3.63, 3.8) is 0 Å². The smallest absolute Gasteiger partial charge is 0.307 e. The van der Waals surface area contributed by atoms with Gasteiger partial charge in [0.1, 0.15) is 5.82 Å². The summed E-state index contributed by atoms with van der Waals surface area (Å²) in [5.41, 5.74) is 6.48. The fourth-order valence-electron chi connectivity index (χ4n) is 1.23. The molecule has 0 aliphatic heterocycles. The minimum atomic E-state index is -0.440. The normalized spacial score (nSPS) is 12.2. The second-order valence-electron chi connectivity index (χ2n) is 3.17. The van der Waals surface area contributed by atoms with E-state index in [0.717, 1.165) is 5.56 Å². The van der Waals surface area contributed by atoms with Crippen LogP contribution in [0.15, 0.2) is 24.3 Å². The average molecular weight is 211 g/mol. The number of ether oxygens (including phenoxy) is 1. The van der Waals surface area contributed by atoms with Crippen molar-refractivity contribution >= 4 is 5.97 Å². The molecule has 0 spiro atoms. The van der Waals surface area contributed by atoms with Crippen LogP contribution in [0.1, 0.15) is 24.9 Å². The van der Waals surface area contributed by atoms with Crippen LogP contribution in [0.2, 0.25) is 0 Å². The number of carbonyl (C=O) groups is 1. The first-order valence-corrected chi connectivity index (χ1v) is 4.80. The van der Waals surface area contributed by atoms with E-state index in [4.69, 9.17) is 10.5 Å². The summed E-state index contributed by atoms with van der Waals surface area (Å²) in [6.07, 6.45) is 0.111. The molecule has 1 rings (SSSR count). The van der Waals surface area contributed by atoms with Crippen molar-refractivity contribution in [1.29, 1.82) is 0 Å². The van der Waals surface area contributed by atoms with Crippen molar-refractivity contribution in [1.82, 2.24) is 0 Å². The van der Waals surface area contributed by atoms with Gasteiger partial charge in [-0.1, -0.05) is 12.1 Å². The van der Waals surface area contributed by atoms with Crippen LogP contribution < -0.4 is 5.73 Å². The first kappa shape index (κ1) is 11.7. The molecule has 0 aliphatic carbocycles. The predicted octanol–water partition coefficient (Wildman–Crippen LogP) is 1.78. The quantitative estimate of drug-likeness (QED) is 0.772. The van der Waals surface area contributed by atoms with Crippen molar-refractivity contribution in [2.75, 3.05) is 6.61 Å². The van der Waals surface area contributed by atoms with E-state index in [2.05, 4.69) is 0 Å². The third-order valence-corrected chi connectivity index (χ3v) is 1.99. The van der Waals surface area contributed by atoms with E-state index in [1.54, 1.807) is 19.1 Å². The molecule has 0 bridgehead atoms. The highest BCUT2D eigenvalue weighted by molar-refractivity contribution is 5.70. The van der Waals surface area contributed by atoms with Crippen LogP contribution in [-0.4, -0.2) is 12.6 Å². The van der Waals surface area contributed by atoms with Crippen molar-refractivity contribution < 1.29 is 13.9 Å². The summed E-state index contributed by atoms with van der Waals surface area (Å²) in [6.45, 7) is 2.08. The van der Waals surface area contributed by atoms with Gasteiger partial charge in [-0.3, -0.25) is 4.79 Å². The summed E-state index contributed by atoms with van der Waals surface area (Å²) in [4.78, 5) is 11.1. The Morgan fingerprint density at radius 1 is 1.47 bits per heavy atom. The van der Waals surface area contributed by atoms with Gasteiger partial charge in [-0.05, 0) is 24.6 Å². The Morgan fingerprint density at radius 3 is 2.60 bits per heavy atom. The summed E-state index contributed by atoms with van der Waals surface area (Å²) >= 11 is 0.